The van der Waals surface area contributed by atoms with Crippen LogP contribution < -0.4 is 5.32 Å². The molecule has 3 heterocycles. The summed E-state index contributed by atoms with van der Waals surface area (Å²) in [5.41, 5.74) is 6.23. The predicted molar refractivity (Wildman–Crippen MR) is 149 cm³/mol. The number of carbonyl (C=O) groups is 2. The van der Waals surface area contributed by atoms with E-state index in [0.29, 0.717) is 16.9 Å². The maximum absolute atomic E-state index is 13.5. The predicted octanol–water partition coefficient (Wildman–Crippen LogP) is 5.83. The Morgan fingerprint density at radius 3 is 2.44 bits per heavy atom. The van der Waals surface area contributed by atoms with Crippen LogP contribution in [0.2, 0.25) is 0 Å². The quantitative estimate of drug-likeness (QED) is 0.314. The lowest BCUT2D eigenvalue weighted by atomic mass is 9.96. The van der Waals surface area contributed by atoms with Gasteiger partial charge in [-0.3, -0.25) is 9.59 Å². The second kappa shape index (κ2) is 9.38. The van der Waals surface area contributed by atoms with E-state index in [-0.39, 0.29) is 30.9 Å². The third kappa shape index (κ3) is 3.98. The molecular weight excluding hydrogens is 495 g/mol. The summed E-state index contributed by atoms with van der Waals surface area (Å²) in [5.74, 6) is 0.221. The lowest BCUT2D eigenvalue weighted by molar-refractivity contribution is 0.0400. The fourth-order valence-corrected chi connectivity index (χ4v) is 5.73. The SMILES string of the molecule is CNC(=O)c1cc(-c2c(C)noc2C)cc2c1c1cc(C(=O)N3CC(F)C3)ccc1n2C(C)c1ccccc1. The monoisotopic (exact) mass is 524 g/mol. The average molecular weight is 525 g/mol. The Kier molecular flexibility index (Phi) is 5.98. The van der Waals surface area contributed by atoms with E-state index < -0.39 is 6.17 Å². The van der Waals surface area contributed by atoms with Gasteiger partial charge in [-0.1, -0.05) is 35.5 Å². The minimum Gasteiger partial charge on any atom is -0.361 e. The lowest BCUT2D eigenvalue weighted by Gasteiger charge is -2.34. The van der Waals surface area contributed by atoms with Crippen LogP contribution in [0.4, 0.5) is 4.39 Å². The molecule has 3 aromatic carbocycles. The van der Waals surface area contributed by atoms with E-state index in [1.54, 1.807) is 13.1 Å². The number of alkyl halides is 1. The van der Waals surface area contributed by atoms with Crippen molar-refractivity contribution < 1.29 is 18.5 Å². The van der Waals surface area contributed by atoms with E-state index in [9.17, 15) is 14.0 Å². The number of hydrogen-bond donors (Lipinski definition) is 1. The van der Waals surface area contributed by atoms with Gasteiger partial charge in [-0.2, -0.15) is 0 Å². The first-order chi connectivity index (χ1) is 18.8. The summed E-state index contributed by atoms with van der Waals surface area (Å²) < 4.78 is 21.2. The number of nitrogens with zero attached hydrogens (tertiary/aromatic N) is 3. The van der Waals surface area contributed by atoms with Crippen molar-refractivity contribution in [2.75, 3.05) is 20.1 Å². The van der Waals surface area contributed by atoms with Crippen LogP contribution in [0.25, 0.3) is 32.9 Å². The standard InChI is InChI=1S/C31H29FN4O3/c1-17-28(19(3)39-34-17)22-13-25(30(37)33-4)29-24-12-21(31(38)35-15-23(32)16-35)10-11-26(24)36(27(29)14-22)18(2)20-8-6-5-7-9-20/h5-14,18,23H,15-16H2,1-4H3,(H,33,37). The van der Waals surface area contributed by atoms with Crippen molar-refractivity contribution in [1.82, 2.24) is 19.9 Å². The molecule has 198 valence electrons. The molecule has 0 radical (unpaired) electrons. The summed E-state index contributed by atoms with van der Waals surface area (Å²) in [6, 6.07) is 19.6. The molecule has 0 saturated carbocycles. The van der Waals surface area contributed by atoms with Crippen molar-refractivity contribution in [2.24, 2.45) is 0 Å². The Hall–Kier alpha value is -4.46. The summed E-state index contributed by atoms with van der Waals surface area (Å²) in [6.45, 7) is 6.07. The Morgan fingerprint density at radius 1 is 1.05 bits per heavy atom. The highest BCUT2D eigenvalue weighted by Gasteiger charge is 2.32. The number of likely N-dealkylation sites (tertiary alicyclic amines) is 1. The molecular formula is C31H29FN4O3. The molecule has 1 saturated heterocycles. The van der Waals surface area contributed by atoms with Gasteiger partial charge in [-0.15, -0.1) is 0 Å². The third-order valence-corrected chi connectivity index (χ3v) is 7.74. The molecule has 2 amide bonds. The maximum atomic E-state index is 13.5. The van der Waals surface area contributed by atoms with Crippen LogP contribution in [0.5, 0.6) is 0 Å². The fourth-order valence-electron chi connectivity index (χ4n) is 5.73. The Balaban J connectivity index is 1.68. The summed E-state index contributed by atoms with van der Waals surface area (Å²) in [4.78, 5) is 28.0. The van der Waals surface area contributed by atoms with Gasteiger partial charge in [0, 0.05) is 40.0 Å². The van der Waals surface area contributed by atoms with Crippen molar-refractivity contribution in [3.8, 4) is 11.1 Å². The zero-order valence-electron chi connectivity index (χ0n) is 22.3. The lowest BCUT2D eigenvalue weighted by Crippen LogP contribution is -2.51. The number of amides is 2. The zero-order valence-corrected chi connectivity index (χ0v) is 22.3. The van der Waals surface area contributed by atoms with Gasteiger partial charge in [0.05, 0.1) is 30.3 Å². The van der Waals surface area contributed by atoms with Gasteiger partial charge in [-0.05, 0) is 62.2 Å². The molecule has 5 aromatic rings. The topological polar surface area (TPSA) is 80.4 Å². The van der Waals surface area contributed by atoms with Crippen LogP contribution in [0.1, 0.15) is 50.7 Å². The molecule has 8 heteroatoms. The Labute approximate surface area is 225 Å². The van der Waals surface area contributed by atoms with Gasteiger partial charge in [0.25, 0.3) is 11.8 Å². The minimum atomic E-state index is -0.978. The normalized spacial score (nSPS) is 14.5. The molecule has 0 aliphatic carbocycles. The Bertz CT molecular complexity index is 1730. The highest BCUT2D eigenvalue weighted by atomic mass is 19.1. The summed E-state index contributed by atoms with van der Waals surface area (Å²) in [6.07, 6.45) is -0.978. The van der Waals surface area contributed by atoms with Crippen LogP contribution in [-0.4, -0.2) is 52.7 Å². The molecule has 1 aliphatic rings. The molecule has 1 unspecified atom stereocenters. The highest BCUT2D eigenvalue weighted by Crippen LogP contribution is 2.40. The van der Waals surface area contributed by atoms with Crippen molar-refractivity contribution in [3.63, 3.8) is 0 Å². The fraction of sp³-hybridized carbons (Fsp3) is 0.258. The van der Waals surface area contributed by atoms with E-state index in [1.165, 1.54) is 4.90 Å². The van der Waals surface area contributed by atoms with Crippen molar-refractivity contribution >= 4 is 33.6 Å². The van der Waals surface area contributed by atoms with Gasteiger partial charge in [0.2, 0.25) is 0 Å². The van der Waals surface area contributed by atoms with Gasteiger partial charge < -0.3 is 19.3 Å². The zero-order chi connectivity index (χ0) is 27.4. The first kappa shape index (κ1) is 24.9. The molecule has 2 aromatic heterocycles. The van der Waals surface area contributed by atoms with Crippen LogP contribution >= 0.6 is 0 Å². The van der Waals surface area contributed by atoms with Gasteiger partial charge in [0.15, 0.2) is 0 Å². The average Bonchev–Trinajstić information content (AvgIpc) is 3.45. The van der Waals surface area contributed by atoms with Crippen LogP contribution in [0, 0.1) is 13.8 Å². The molecule has 0 bridgehead atoms. The van der Waals surface area contributed by atoms with E-state index in [4.69, 9.17) is 4.52 Å². The van der Waals surface area contributed by atoms with E-state index in [2.05, 4.69) is 40.2 Å². The summed E-state index contributed by atoms with van der Waals surface area (Å²) in [5, 5.41) is 8.46. The van der Waals surface area contributed by atoms with Crippen LogP contribution in [0.15, 0.2) is 65.2 Å². The van der Waals surface area contributed by atoms with Gasteiger partial charge in [-0.25, -0.2) is 4.39 Å². The summed E-state index contributed by atoms with van der Waals surface area (Å²) in [7, 11) is 1.61. The van der Waals surface area contributed by atoms with E-state index in [0.717, 1.165) is 44.2 Å². The molecule has 6 rings (SSSR count). The molecule has 1 atom stereocenters. The summed E-state index contributed by atoms with van der Waals surface area (Å²) >= 11 is 0. The van der Waals surface area contributed by atoms with Crippen molar-refractivity contribution in [3.05, 3.63) is 88.8 Å². The number of halogens is 1. The second-order valence-electron chi connectivity index (χ2n) is 10.2. The van der Waals surface area contributed by atoms with Crippen LogP contribution in [0.3, 0.4) is 0 Å². The third-order valence-electron chi connectivity index (χ3n) is 7.74. The second-order valence-corrected chi connectivity index (χ2v) is 10.2. The number of hydrogen-bond acceptors (Lipinski definition) is 4. The van der Waals surface area contributed by atoms with Crippen molar-refractivity contribution in [2.45, 2.75) is 33.0 Å². The number of rotatable bonds is 5. The Morgan fingerprint density at radius 2 is 1.79 bits per heavy atom. The molecule has 1 fully saturated rings. The molecule has 1 N–H and O–H groups in total. The molecule has 7 nitrogen and oxygen atoms in total. The van der Waals surface area contributed by atoms with E-state index >= 15 is 0 Å². The molecule has 1 aliphatic heterocycles. The van der Waals surface area contributed by atoms with Gasteiger partial charge >= 0.3 is 0 Å². The molecule has 39 heavy (non-hydrogen) atoms. The molecule has 0 spiro atoms. The van der Waals surface area contributed by atoms with Crippen molar-refractivity contribution in [1.29, 1.82) is 0 Å². The number of benzene rings is 3. The largest absolute Gasteiger partial charge is 0.361 e. The first-order valence-corrected chi connectivity index (χ1v) is 13.0. The maximum Gasteiger partial charge on any atom is 0.254 e. The first-order valence-electron chi connectivity index (χ1n) is 13.0. The number of nitrogens with one attached hydrogen (secondary N) is 1. The number of aromatic nitrogens is 2. The minimum absolute atomic E-state index is 0.0760. The van der Waals surface area contributed by atoms with Crippen LogP contribution in [-0.2, 0) is 0 Å². The van der Waals surface area contributed by atoms with Gasteiger partial charge in [0.1, 0.15) is 11.9 Å². The van der Waals surface area contributed by atoms with E-state index in [1.807, 2.05) is 50.2 Å². The smallest absolute Gasteiger partial charge is 0.254 e. The number of fused-ring (bicyclic) bond motifs is 3. The highest BCUT2D eigenvalue weighted by molar-refractivity contribution is 6.20. The number of carbonyl (C=O) groups excluding carboxylic acids is 2. The number of aryl methyl sites for hydroxylation is 2.